The minimum atomic E-state index is -0.0281. The van der Waals surface area contributed by atoms with Gasteiger partial charge in [-0.05, 0) is 30.8 Å². The third-order valence-corrected chi connectivity index (χ3v) is 3.24. The van der Waals surface area contributed by atoms with E-state index in [-0.39, 0.29) is 18.4 Å². The fourth-order valence-corrected chi connectivity index (χ4v) is 2.32. The number of aromatic nitrogens is 2. The Morgan fingerprint density at radius 2 is 2.24 bits per heavy atom. The van der Waals surface area contributed by atoms with Crippen LogP contribution in [0.25, 0.3) is 0 Å². The third-order valence-electron chi connectivity index (χ3n) is 2.51. The number of aliphatic hydroxyl groups excluding tert-OH is 1. The van der Waals surface area contributed by atoms with Gasteiger partial charge in [0.1, 0.15) is 4.88 Å². The number of carbonyl (C=O) groups excluding carboxylic acids is 1. The Hall–Kier alpha value is -1.01. The lowest BCUT2D eigenvalue weighted by Gasteiger charge is -2.20. The van der Waals surface area contributed by atoms with Gasteiger partial charge in [0.25, 0.3) is 5.91 Å². The highest BCUT2D eigenvalue weighted by molar-refractivity contribution is 7.08. The molecule has 0 saturated heterocycles. The van der Waals surface area contributed by atoms with E-state index in [1.807, 2.05) is 20.8 Å². The van der Waals surface area contributed by atoms with Crippen LogP contribution in [-0.2, 0) is 0 Å². The van der Waals surface area contributed by atoms with Crippen molar-refractivity contribution in [2.45, 2.75) is 33.1 Å². The average Bonchev–Trinajstić information content (AvgIpc) is 2.78. The zero-order chi connectivity index (χ0) is 12.8. The van der Waals surface area contributed by atoms with Crippen LogP contribution in [0.15, 0.2) is 0 Å². The van der Waals surface area contributed by atoms with Crippen LogP contribution >= 0.6 is 11.5 Å². The molecule has 96 valence electrons. The zero-order valence-electron chi connectivity index (χ0n) is 10.5. The lowest BCUT2D eigenvalue weighted by Crippen LogP contribution is -2.32. The van der Waals surface area contributed by atoms with Gasteiger partial charge in [0.2, 0.25) is 0 Å². The highest BCUT2D eigenvalue weighted by Crippen LogP contribution is 2.21. The predicted octanol–water partition coefficient (Wildman–Crippen LogP) is 1.51. The van der Waals surface area contributed by atoms with Crippen LogP contribution in [0.1, 0.15) is 48.5 Å². The molecular formula is C11H19N3O2S. The molecule has 1 amide bonds. The average molecular weight is 257 g/mol. The molecule has 0 saturated carbocycles. The summed E-state index contributed by atoms with van der Waals surface area (Å²) in [5.41, 5.74) is 0.766. The highest BCUT2D eigenvalue weighted by Gasteiger charge is 2.22. The number of carbonyl (C=O) groups is 1. The normalized spacial score (nSPS) is 10.9. The van der Waals surface area contributed by atoms with Crippen LogP contribution in [0.4, 0.5) is 0 Å². The molecule has 0 atom stereocenters. The van der Waals surface area contributed by atoms with Crippen molar-refractivity contribution in [2.24, 2.45) is 0 Å². The van der Waals surface area contributed by atoms with Gasteiger partial charge in [-0.1, -0.05) is 18.3 Å². The standard InChI is InChI=1S/C11H19N3O2S/c1-4-14(6-5-7-15)11(16)10-9(8(2)3)12-13-17-10/h8,15H,4-7H2,1-3H3. The number of hydrogen-bond donors (Lipinski definition) is 1. The first kappa shape index (κ1) is 14.1. The number of amides is 1. The molecule has 0 bridgehead atoms. The van der Waals surface area contributed by atoms with E-state index in [4.69, 9.17) is 5.11 Å². The van der Waals surface area contributed by atoms with Gasteiger partial charge in [-0.25, -0.2) is 0 Å². The van der Waals surface area contributed by atoms with Crippen molar-refractivity contribution in [1.82, 2.24) is 14.5 Å². The van der Waals surface area contributed by atoms with Gasteiger partial charge in [0.15, 0.2) is 0 Å². The Labute approximate surface area is 106 Å². The summed E-state index contributed by atoms with van der Waals surface area (Å²) in [6.07, 6.45) is 0.600. The van der Waals surface area contributed by atoms with Crippen molar-refractivity contribution in [3.05, 3.63) is 10.6 Å². The maximum atomic E-state index is 12.2. The fraction of sp³-hybridized carbons (Fsp3) is 0.727. The second-order valence-electron chi connectivity index (χ2n) is 4.10. The molecule has 0 fully saturated rings. The second-order valence-corrected chi connectivity index (χ2v) is 4.86. The number of aliphatic hydroxyl groups is 1. The van der Waals surface area contributed by atoms with Gasteiger partial charge in [-0.3, -0.25) is 4.79 Å². The molecule has 1 N–H and O–H groups in total. The van der Waals surface area contributed by atoms with E-state index in [2.05, 4.69) is 9.59 Å². The van der Waals surface area contributed by atoms with Crippen molar-refractivity contribution in [3.8, 4) is 0 Å². The van der Waals surface area contributed by atoms with Crippen LogP contribution in [0.3, 0.4) is 0 Å². The largest absolute Gasteiger partial charge is 0.396 e. The first-order chi connectivity index (χ1) is 8.11. The Kier molecular flexibility index (Phi) is 5.50. The van der Waals surface area contributed by atoms with Crippen molar-refractivity contribution in [2.75, 3.05) is 19.7 Å². The number of hydrogen-bond acceptors (Lipinski definition) is 5. The molecule has 0 aliphatic heterocycles. The maximum Gasteiger partial charge on any atom is 0.267 e. The summed E-state index contributed by atoms with van der Waals surface area (Å²) in [7, 11) is 0. The van der Waals surface area contributed by atoms with Crippen molar-refractivity contribution in [3.63, 3.8) is 0 Å². The predicted molar refractivity (Wildman–Crippen MR) is 67.3 cm³/mol. The van der Waals surface area contributed by atoms with E-state index >= 15 is 0 Å². The zero-order valence-corrected chi connectivity index (χ0v) is 11.3. The molecule has 0 spiro atoms. The van der Waals surface area contributed by atoms with Gasteiger partial charge in [-0.15, -0.1) is 5.10 Å². The molecule has 0 aromatic carbocycles. The van der Waals surface area contributed by atoms with Gasteiger partial charge < -0.3 is 10.0 Å². The van der Waals surface area contributed by atoms with Crippen LogP contribution in [0, 0.1) is 0 Å². The van der Waals surface area contributed by atoms with Crippen molar-refractivity contribution >= 4 is 17.4 Å². The SMILES string of the molecule is CCN(CCCO)C(=O)c1snnc1C(C)C. The van der Waals surface area contributed by atoms with Gasteiger partial charge in [0.05, 0.1) is 5.69 Å². The smallest absolute Gasteiger partial charge is 0.267 e. The van der Waals surface area contributed by atoms with Gasteiger partial charge >= 0.3 is 0 Å². The summed E-state index contributed by atoms with van der Waals surface area (Å²) in [4.78, 5) is 14.6. The molecular weight excluding hydrogens is 238 g/mol. The molecule has 0 radical (unpaired) electrons. The van der Waals surface area contributed by atoms with E-state index < -0.39 is 0 Å². The van der Waals surface area contributed by atoms with Crippen LogP contribution in [-0.4, -0.2) is 45.2 Å². The molecule has 17 heavy (non-hydrogen) atoms. The van der Waals surface area contributed by atoms with E-state index in [9.17, 15) is 4.79 Å². The third kappa shape index (κ3) is 3.47. The summed E-state index contributed by atoms with van der Waals surface area (Å²) in [5.74, 6) is 0.170. The first-order valence-corrected chi connectivity index (χ1v) is 6.61. The number of rotatable bonds is 6. The minimum absolute atomic E-state index is 0.0281. The topological polar surface area (TPSA) is 66.3 Å². The Balaban J connectivity index is 2.82. The molecule has 1 aromatic heterocycles. The first-order valence-electron chi connectivity index (χ1n) is 5.84. The highest BCUT2D eigenvalue weighted by atomic mass is 32.1. The fourth-order valence-electron chi connectivity index (χ4n) is 1.53. The van der Waals surface area contributed by atoms with Crippen LogP contribution < -0.4 is 0 Å². The summed E-state index contributed by atoms with van der Waals surface area (Å²) in [6.45, 7) is 7.23. The Bertz CT molecular complexity index is 365. The molecule has 0 aliphatic carbocycles. The Morgan fingerprint density at radius 1 is 1.53 bits per heavy atom. The molecule has 0 unspecified atom stereocenters. The van der Waals surface area contributed by atoms with E-state index in [0.717, 1.165) is 17.2 Å². The second kappa shape index (κ2) is 6.66. The summed E-state index contributed by atoms with van der Waals surface area (Å²) in [5, 5.41) is 12.8. The van der Waals surface area contributed by atoms with Crippen LogP contribution in [0.2, 0.25) is 0 Å². The molecule has 5 nitrogen and oxygen atoms in total. The minimum Gasteiger partial charge on any atom is -0.396 e. The van der Waals surface area contributed by atoms with E-state index in [1.165, 1.54) is 0 Å². The summed E-state index contributed by atoms with van der Waals surface area (Å²) in [6, 6.07) is 0. The van der Waals surface area contributed by atoms with Crippen molar-refractivity contribution < 1.29 is 9.90 Å². The summed E-state index contributed by atoms with van der Waals surface area (Å²) >= 11 is 1.15. The lowest BCUT2D eigenvalue weighted by molar-refractivity contribution is 0.0757. The summed E-state index contributed by atoms with van der Waals surface area (Å²) < 4.78 is 3.86. The molecule has 6 heteroatoms. The molecule has 0 aliphatic rings. The van der Waals surface area contributed by atoms with E-state index in [0.29, 0.717) is 24.4 Å². The molecule has 1 aromatic rings. The number of nitrogens with zero attached hydrogens (tertiary/aromatic N) is 3. The van der Waals surface area contributed by atoms with Crippen LogP contribution in [0.5, 0.6) is 0 Å². The lowest BCUT2D eigenvalue weighted by atomic mass is 10.1. The molecule has 1 rings (SSSR count). The van der Waals surface area contributed by atoms with Crippen molar-refractivity contribution in [1.29, 1.82) is 0 Å². The van der Waals surface area contributed by atoms with Gasteiger partial charge in [0, 0.05) is 19.7 Å². The molecule has 1 heterocycles. The quantitative estimate of drug-likeness (QED) is 0.838. The monoisotopic (exact) mass is 257 g/mol. The maximum absolute atomic E-state index is 12.2. The van der Waals surface area contributed by atoms with Gasteiger partial charge in [-0.2, -0.15) is 0 Å². The Morgan fingerprint density at radius 3 is 2.76 bits per heavy atom. The van der Waals surface area contributed by atoms with E-state index in [1.54, 1.807) is 4.90 Å².